The van der Waals surface area contributed by atoms with Gasteiger partial charge in [-0.15, -0.1) is 0 Å². The third kappa shape index (κ3) is 7.09. The second kappa shape index (κ2) is 14.0. The van der Waals surface area contributed by atoms with E-state index in [2.05, 4.69) is 21.2 Å². The number of barbiturate groups is 1. The Hall–Kier alpha value is -4.38. The number of nitrogens with one attached hydrogen (secondary N) is 1. The third-order valence-corrected chi connectivity index (χ3v) is 6.78. The monoisotopic (exact) mass is 640 g/mol. The van der Waals surface area contributed by atoms with Crippen LogP contribution in [0.1, 0.15) is 37.0 Å². The van der Waals surface area contributed by atoms with E-state index in [0.717, 1.165) is 11.3 Å². The van der Waals surface area contributed by atoms with Gasteiger partial charge in [-0.25, -0.2) is 9.18 Å². The summed E-state index contributed by atoms with van der Waals surface area (Å²) in [6.07, 6.45) is 2.18. The highest BCUT2D eigenvalue weighted by Crippen LogP contribution is 2.38. The molecule has 1 saturated heterocycles. The molecule has 0 atom stereocenters. The minimum atomic E-state index is -0.831. The second-order valence-corrected chi connectivity index (χ2v) is 10.0. The van der Waals surface area contributed by atoms with Crippen molar-refractivity contribution in [2.24, 2.45) is 0 Å². The number of imide groups is 2. The van der Waals surface area contributed by atoms with Crippen molar-refractivity contribution >= 4 is 39.9 Å². The molecule has 0 bridgehead atoms. The van der Waals surface area contributed by atoms with Crippen LogP contribution < -0.4 is 24.3 Å². The molecule has 3 aromatic carbocycles. The summed E-state index contributed by atoms with van der Waals surface area (Å²) in [4.78, 5) is 39.7. The Morgan fingerprint density at radius 1 is 0.952 bits per heavy atom. The van der Waals surface area contributed by atoms with Gasteiger partial charge in [0.15, 0.2) is 23.0 Å². The summed E-state index contributed by atoms with van der Waals surface area (Å²) in [5.41, 5.74) is 1.17. The number of benzene rings is 3. The van der Waals surface area contributed by atoms with Crippen molar-refractivity contribution in [1.29, 1.82) is 0 Å². The van der Waals surface area contributed by atoms with E-state index in [1.54, 1.807) is 48.5 Å². The predicted molar refractivity (Wildman–Crippen MR) is 157 cm³/mol. The number of hydrogen-bond donors (Lipinski definition) is 1. The highest BCUT2D eigenvalue weighted by Gasteiger charge is 2.36. The number of carbonyl (C=O) groups is 3. The standard InChI is InChI=1S/C31H30BrFN2O7/c1-4-12-41-25-11-10-19(15-26(25)40-5-2)17-35-30(37)22(29(36)34-31(35)38)13-20-14-23(32)28(27(16-20)39-3)42-18-21-8-6-7-9-24(21)33/h6-11,13-16H,4-5,12,17-18H2,1-3H3,(H,34,36,38)/b22-13+. The molecule has 1 N–H and O–H groups in total. The van der Waals surface area contributed by atoms with E-state index in [-0.39, 0.29) is 24.5 Å². The van der Waals surface area contributed by atoms with Gasteiger partial charge >= 0.3 is 6.03 Å². The summed E-state index contributed by atoms with van der Waals surface area (Å²) in [6, 6.07) is 13.8. The lowest BCUT2D eigenvalue weighted by Crippen LogP contribution is -2.53. The minimum absolute atomic E-state index is 0.0449. The van der Waals surface area contributed by atoms with Crippen LogP contribution in [-0.4, -0.2) is 43.1 Å². The van der Waals surface area contributed by atoms with E-state index < -0.39 is 23.7 Å². The Morgan fingerprint density at radius 2 is 1.74 bits per heavy atom. The number of halogens is 2. The summed E-state index contributed by atoms with van der Waals surface area (Å²) in [5, 5.41) is 2.23. The number of methoxy groups -OCH3 is 1. The quantitative estimate of drug-likeness (QED) is 0.191. The van der Waals surface area contributed by atoms with Crippen LogP contribution in [0.4, 0.5) is 9.18 Å². The van der Waals surface area contributed by atoms with Crippen molar-refractivity contribution < 1.29 is 37.7 Å². The number of carbonyl (C=O) groups excluding carboxylic acids is 3. The number of amides is 4. The van der Waals surface area contributed by atoms with Crippen LogP contribution in [-0.2, 0) is 22.7 Å². The second-order valence-electron chi connectivity index (χ2n) is 9.19. The summed E-state index contributed by atoms with van der Waals surface area (Å²) in [5.74, 6) is -0.321. The molecule has 0 aliphatic carbocycles. The van der Waals surface area contributed by atoms with Gasteiger partial charge in [-0.3, -0.25) is 19.8 Å². The molecule has 1 aliphatic heterocycles. The zero-order chi connectivity index (χ0) is 30.2. The molecule has 0 saturated carbocycles. The molecule has 1 fully saturated rings. The van der Waals surface area contributed by atoms with Gasteiger partial charge in [-0.05, 0) is 76.8 Å². The lowest BCUT2D eigenvalue weighted by atomic mass is 10.1. The lowest BCUT2D eigenvalue weighted by molar-refractivity contribution is -0.130. The van der Waals surface area contributed by atoms with E-state index in [0.29, 0.717) is 51.6 Å². The van der Waals surface area contributed by atoms with Gasteiger partial charge in [0.1, 0.15) is 18.0 Å². The molecule has 4 rings (SSSR count). The Kier molecular flexibility index (Phi) is 10.2. The van der Waals surface area contributed by atoms with Gasteiger partial charge in [0.25, 0.3) is 11.8 Å². The first-order valence-electron chi connectivity index (χ1n) is 13.3. The predicted octanol–water partition coefficient (Wildman–Crippen LogP) is 6.03. The van der Waals surface area contributed by atoms with Gasteiger partial charge in [0.2, 0.25) is 0 Å². The molecule has 1 heterocycles. The highest BCUT2D eigenvalue weighted by atomic mass is 79.9. The smallest absolute Gasteiger partial charge is 0.331 e. The van der Waals surface area contributed by atoms with Crippen LogP contribution >= 0.6 is 15.9 Å². The maximum Gasteiger partial charge on any atom is 0.331 e. The fourth-order valence-electron chi connectivity index (χ4n) is 4.17. The molecule has 0 radical (unpaired) electrons. The number of urea groups is 1. The maximum absolute atomic E-state index is 14.0. The van der Waals surface area contributed by atoms with E-state index in [1.165, 1.54) is 19.3 Å². The molecular formula is C31H30BrFN2O7. The molecule has 4 amide bonds. The molecule has 11 heteroatoms. The van der Waals surface area contributed by atoms with Crippen LogP contribution in [0.15, 0.2) is 64.6 Å². The van der Waals surface area contributed by atoms with Crippen molar-refractivity contribution in [3.8, 4) is 23.0 Å². The number of rotatable bonds is 12. The van der Waals surface area contributed by atoms with Gasteiger partial charge < -0.3 is 18.9 Å². The Bertz CT molecular complexity index is 1530. The summed E-state index contributed by atoms with van der Waals surface area (Å²) in [7, 11) is 1.43. The molecule has 0 aromatic heterocycles. The van der Waals surface area contributed by atoms with Gasteiger partial charge in [0.05, 0.1) is 31.3 Å². The Morgan fingerprint density at radius 3 is 2.45 bits per heavy atom. The number of ether oxygens (including phenoxy) is 4. The number of hydrogen-bond acceptors (Lipinski definition) is 7. The SMILES string of the molecule is CCCOc1ccc(CN2C(=O)NC(=O)/C(=C\c3cc(Br)c(OCc4ccccc4F)c(OC)c3)C2=O)cc1OCC. The largest absolute Gasteiger partial charge is 0.493 e. The van der Waals surface area contributed by atoms with Crippen molar-refractivity contribution in [2.75, 3.05) is 20.3 Å². The first-order chi connectivity index (χ1) is 20.2. The van der Waals surface area contributed by atoms with Gasteiger partial charge in [-0.2, -0.15) is 0 Å². The Balaban J connectivity index is 1.58. The highest BCUT2D eigenvalue weighted by molar-refractivity contribution is 9.10. The first kappa shape index (κ1) is 30.6. The zero-order valence-electron chi connectivity index (χ0n) is 23.4. The van der Waals surface area contributed by atoms with E-state index in [9.17, 15) is 18.8 Å². The lowest BCUT2D eigenvalue weighted by Gasteiger charge is -2.26. The van der Waals surface area contributed by atoms with Crippen LogP contribution in [0.25, 0.3) is 6.08 Å². The summed E-state index contributed by atoms with van der Waals surface area (Å²) >= 11 is 3.43. The van der Waals surface area contributed by atoms with E-state index >= 15 is 0 Å². The third-order valence-electron chi connectivity index (χ3n) is 6.19. The molecule has 3 aromatic rings. The first-order valence-corrected chi connectivity index (χ1v) is 14.1. The summed E-state index contributed by atoms with van der Waals surface area (Å²) < 4.78 is 37.2. The average Bonchev–Trinajstić information content (AvgIpc) is 2.97. The molecule has 0 unspecified atom stereocenters. The van der Waals surface area contributed by atoms with Crippen LogP contribution in [0.5, 0.6) is 23.0 Å². The van der Waals surface area contributed by atoms with E-state index in [1.807, 2.05) is 13.8 Å². The molecular weight excluding hydrogens is 611 g/mol. The average molecular weight is 641 g/mol. The van der Waals surface area contributed by atoms with Crippen molar-refractivity contribution in [1.82, 2.24) is 10.2 Å². The van der Waals surface area contributed by atoms with Crippen molar-refractivity contribution in [3.63, 3.8) is 0 Å². The van der Waals surface area contributed by atoms with Crippen molar-refractivity contribution in [2.45, 2.75) is 33.4 Å². The summed E-state index contributed by atoms with van der Waals surface area (Å²) in [6.45, 7) is 4.61. The van der Waals surface area contributed by atoms with Crippen LogP contribution in [0.3, 0.4) is 0 Å². The molecule has 1 aliphatic rings. The van der Waals surface area contributed by atoms with Gasteiger partial charge in [-0.1, -0.05) is 31.2 Å². The van der Waals surface area contributed by atoms with Crippen LogP contribution in [0.2, 0.25) is 0 Å². The topological polar surface area (TPSA) is 103 Å². The molecule has 42 heavy (non-hydrogen) atoms. The minimum Gasteiger partial charge on any atom is -0.493 e. The Labute approximate surface area is 251 Å². The zero-order valence-corrected chi connectivity index (χ0v) is 25.0. The van der Waals surface area contributed by atoms with Gasteiger partial charge in [0, 0.05) is 5.56 Å². The van der Waals surface area contributed by atoms with Crippen LogP contribution in [0, 0.1) is 5.82 Å². The number of nitrogens with zero attached hydrogens (tertiary/aromatic N) is 1. The molecule has 9 nitrogen and oxygen atoms in total. The normalized spacial score (nSPS) is 14.2. The molecule has 0 spiro atoms. The van der Waals surface area contributed by atoms with Crippen molar-refractivity contribution in [3.05, 3.63) is 87.2 Å². The molecule has 220 valence electrons. The fourth-order valence-corrected chi connectivity index (χ4v) is 4.74. The fraction of sp³-hybridized carbons (Fsp3) is 0.258. The maximum atomic E-state index is 14.0. The van der Waals surface area contributed by atoms with E-state index in [4.69, 9.17) is 18.9 Å².